The molecule has 0 aliphatic carbocycles. The van der Waals surface area contributed by atoms with Gasteiger partial charge in [-0.1, -0.05) is 29.8 Å². The quantitative estimate of drug-likeness (QED) is 0.882. The van der Waals surface area contributed by atoms with Crippen molar-refractivity contribution in [1.82, 2.24) is 15.5 Å². The first-order chi connectivity index (χ1) is 10.9. The molecule has 1 aliphatic rings. The molecule has 3 amide bonds. The Kier molecular flexibility index (Phi) is 5.98. The van der Waals surface area contributed by atoms with E-state index in [9.17, 15) is 9.59 Å². The number of carbonyl (C=O) groups excluding carboxylic acids is 2. The number of morpholine rings is 1. The number of carbonyl (C=O) groups is 2. The van der Waals surface area contributed by atoms with E-state index in [1.165, 1.54) is 5.56 Å². The summed E-state index contributed by atoms with van der Waals surface area (Å²) in [5, 5.41) is 5.36. The van der Waals surface area contributed by atoms with Crippen LogP contribution in [0.2, 0.25) is 0 Å². The number of aryl methyl sites for hydroxylation is 1. The molecule has 0 unspecified atom stereocenters. The number of hydrogen-bond acceptors (Lipinski definition) is 3. The van der Waals surface area contributed by atoms with Gasteiger partial charge in [-0.2, -0.15) is 0 Å². The van der Waals surface area contributed by atoms with E-state index in [-0.39, 0.29) is 30.7 Å². The fourth-order valence-electron chi connectivity index (χ4n) is 2.60. The molecule has 2 N–H and O–H groups in total. The lowest BCUT2D eigenvalue weighted by atomic mass is 10.1. The van der Waals surface area contributed by atoms with Crippen LogP contribution in [0.4, 0.5) is 4.79 Å². The number of nitrogens with one attached hydrogen (secondary N) is 2. The normalized spacial score (nSPS) is 20.9. The van der Waals surface area contributed by atoms with Crippen LogP contribution in [0.5, 0.6) is 0 Å². The molecule has 6 heteroatoms. The van der Waals surface area contributed by atoms with Gasteiger partial charge in [-0.05, 0) is 26.3 Å². The molecule has 0 spiro atoms. The van der Waals surface area contributed by atoms with Crippen LogP contribution in [0.3, 0.4) is 0 Å². The predicted molar refractivity (Wildman–Crippen MR) is 88.0 cm³/mol. The van der Waals surface area contributed by atoms with Crippen molar-refractivity contribution in [2.24, 2.45) is 0 Å². The highest BCUT2D eigenvalue weighted by Crippen LogP contribution is 2.10. The molecule has 2 rings (SSSR count). The maximum Gasteiger partial charge on any atom is 0.315 e. The first kappa shape index (κ1) is 17.3. The zero-order chi connectivity index (χ0) is 16.8. The number of benzene rings is 1. The van der Waals surface area contributed by atoms with Crippen LogP contribution in [0.15, 0.2) is 24.3 Å². The molecule has 1 fully saturated rings. The van der Waals surface area contributed by atoms with Crippen LogP contribution in [0, 0.1) is 6.92 Å². The second-order valence-electron chi connectivity index (χ2n) is 6.08. The summed E-state index contributed by atoms with van der Waals surface area (Å²) < 4.78 is 5.59. The largest absolute Gasteiger partial charge is 0.372 e. The van der Waals surface area contributed by atoms with Gasteiger partial charge in [-0.3, -0.25) is 4.79 Å². The molecule has 0 bridgehead atoms. The molecule has 23 heavy (non-hydrogen) atoms. The van der Waals surface area contributed by atoms with Crippen molar-refractivity contribution in [2.45, 2.75) is 39.5 Å². The van der Waals surface area contributed by atoms with Crippen molar-refractivity contribution in [1.29, 1.82) is 0 Å². The Hall–Kier alpha value is -2.08. The van der Waals surface area contributed by atoms with Gasteiger partial charge in [-0.15, -0.1) is 0 Å². The van der Waals surface area contributed by atoms with Crippen molar-refractivity contribution < 1.29 is 14.3 Å². The van der Waals surface area contributed by atoms with Crippen molar-refractivity contribution in [3.63, 3.8) is 0 Å². The topological polar surface area (TPSA) is 70.7 Å². The van der Waals surface area contributed by atoms with Gasteiger partial charge in [0.15, 0.2) is 0 Å². The SMILES string of the molecule is Cc1ccc(CNC(=O)NCC(=O)N2C[C@@H](C)O[C@@H](C)C2)cc1. The predicted octanol–water partition coefficient (Wildman–Crippen LogP) is 1.43. The summed E-state index contributed by atoms with van der Waals surface area (Å²) in [5.74, 6) is -0.0857. The Balaban J connectivity index is 1.71. The van der Waals surface area contributed by atoms with Gasteiger partial charge in [0.1, 0.15) is 0 Å². The molecule has 1 aromatic rings. The van der Waals surface area contributed by atoms with Gasteiger partial charge in [-0.25, -0.2) is 4.79 Å². The fourth-order valence-corrected chi connectivity index (χ4v) is 2.60. The summed E-state index contributed by atoms with van der Waals surface area (Å²) in [6, 6.07) is 7.60. The van der Waals surface area contributed by atoms with E-state index >= 15 is 0 Å². The monoisotopic (exact) mass is 319 g/mol. The highest BCUT2D eigenvalue weighted by molar-refractivity contribution is 5.84. The Bertz CT molecular complexity index is 535. The Morgan fingerprint density at radius 3 is 2.35 bits per heavy atom. The third-order valence-electron chi connectivity index (χ3n) is 3.75. The average molecular weight is 319 g/mol. The van der Waals surface area contributed by atoms with E-state index in [4.69, 9.17) is 4.74 Å². The van der Waals surface area contributed by atoms with Gasteiger partial charge in [0.2, 0.25) is 5.91 Å². The second kappa shape index (κ2) is 7.97. The molecular weight excluding hydrogens is 294 g/mol. The van der Waals surface area contributed by atoms with E-state index in [1.54, 1.807) is 4.90 Å². The first-order valence-corrected chi connectivity index (χ1v) is 7.94. The third kappa shape index (κ3) is 5.56. The summed E-state index contributed by atoms with van der Waals surface area (Å²) in [6.07, 6.45) is 0.0520. The van der Waals surface area contributed by atoms with Gasteiger partial charge < -0.3 is 20.3 Å². The fraction of sp³-hybridized carbons (Fsp3) is 0.529. The van der Waals surface area contributed by atoms with Crippen molar-refractivity contribution in [3.05, 3.63) is 35.4 Å². The number of amides is 3. The summed E-state index contributed by atoms with van der Waals surface area (Å²) >= 11 is 0. The highest BCUT2D eigenvalue weighted by atomic mass is 16.5. The van der Waals surface area contributed by atoms with Gasteiger partial charge in [0, 0.05) is 19.6 Å². The molecule has 1 aliphatic heterocycles. The van der Waals surface area contributed by atoms with Gasteiger partial charge in [0.05, 0.1) is 18.8 Å². The summed E-state index contributed by atoms with van der Waals surface area (Å²) in [6.45, 7) is 7.47. The Morgan fingerprint density at radius 2 is 1.74 bits per heavy atom. The average Bonchev–Trinajstić information content (AvgIpc) is 2.51. The lowest BCUT2D eigenvalue weighted by Gasteiger charge is -2.35. The van der Waals surface area contributed by atoms with E-state index in [1.807, 2.05) is 45.0 Å². The molecule has 6 nitrogen and oxygen atoms in total. The third-order valence-corrected chi connectivity index (χ3v) is 3.75. The molecule has 0 aromatic heterocycles. The summed E-state index contributed by atoms with van der Waals surface area (Å²) in [4.78, 5) is 25.7. The molecule has 1 heterocycles. The zero-order valence-corrected chi connectivity index (χ0v) is 14.0. The number of rotatable bonds is 4. The van der Waals surface area contributed by atoms with Crippen molar-refractivity contribution in [2.75, 3.05) is 19.6 Å². The minimum Gasteiger partial charge on any atom is -0.372 e. The minimum atomic E-state index is -0.340. The molecule has 1 aromatic carbocycles. The van der Waals surface area contributed by atoms with Crippen molar-refractivity contribution in [3.8, 4) is 0 Å². The minimum absolute atomic E-state index is 0.000822. The maximum absolute atomic E-state index is 12.1. The van der Waals surface area contributed by atoms with Crippen LogP contribution < -0.4 is 10.6 Å². The second-order valence-corrected chi connectivity index (χ2v) is 6.08. The van der Waals surface area contributed by atoms with E-state index in [2.05, 4.69) is 10.6 Å². The molecule has 0 saturated carbocycles. The molecule has 0 radical (unpaired) electrons. The van der Waals surface area contributed by atoms with Crippen LogP contribution in [-0.2, 0) is 16.1 Å². The number of nitrogens with zero attached hydrogens (tertiary/aromatic N) is 1. The number of ether oxygens (including phenoxy) is 1. The maximum atomic E-state index is 12.1. The van der Waals surface area contributed by atoms with Crippen LogP contribution in [0.1, 0.15) is 25.0 Å². The van der Waals surface area contributed by atoms with Crippen LogP contribution >= 0.6 is 0 Å². The lowest BCUT2D eigenvalue weighted by Crippen LogP contribution is -2.51. The first-order valence-electron chi connectivity index (χ1n) is 7.94. The molecule has 126 valence electrons. The standard InChI is InChI=1S/C17H25N3O3/c1-12-4-6-15(7-5-12)8-18-17(22)19-9-16(21)20-10-13(2)23-14(3)11-20/h4-7,13-14H,8-11H2,1-3H3,(H2,18,19,22)/t13-,14+. The van der Waals surface area contributed by atoms with Crippen LogP contribution in [-0.4, -0.2) is 48.7 Å². The summed E-state index contributed by atoms with van der Waals surface area (Å²) in [5.41, 5.74) is 2.20. The number of hydrogen-bond donors (Lipinski definition) is 2. The highest BCUT2D eigenvalue weighted by Gasteiger charge is 2.25. The Labute approximate surface area is 137 Å². The molecule has 1 saturated heterocycles. The van der Waals surface area contributed by atoms with E-state index < -0.39 is 0 Å². The molecule has 2 atom stereocenters. The Morgan fingerprint density at radius 1 is 1.13 bits per heavy atom. The van der Waals surface area contributed by atoms with Crippen LogP contribution in [0.25, 0.3) is 0 Å². The van der Waals surface area contributed by atoms with Gasteiger partial charge >= 0.3 is 6.03 Å². The zero-order valence-electron chi connectivity index (χ0n) is 14.0. The van der Waals surface area contributed by atoms with Crippen molar-refractivity contribution >= 4 is 11.9 Å². The smallest absolute Gasteiger partial charge is 0.315 e. The van der Waals surface area contributed by atoms with Gasteiger partial charge in [0.25, 0.3) is 0 Å². The summed E-state index contributed by atoms with van der Waals surface area (Å²) in [7, 11) is 0. The van der Waals surface area contributed by atoms with E-state index in [0.29, 0.717) is 19.6 Å². The molecular formula is C17H25N3O3. The number of urea groups is 1. The van der Waals surface area contributed by atoms with E-state index in [0.717, 1.165) is 5.56 Å². The lowest BCUT2D eigenvalue weighted by molar-refractivity contribution is -0.142.